The van der Waals surface area contributed by atoms with E-state index < -0.39 is 0 Å². The van der Waals surface area contributed by atoms with Crippen molar-refractivity contribution in [3.05, 3.63) is 0 Å². The molecule has 0 nitrogen and oxygen atoms in total. The van der Waals surface area contributed by atoms with Gasteiger partial charge in [-0.05, 0) is 49.4 Å². The van der Waals surface area contributed by atoms with Gasteiger partial charge in [-0.1, -0.05) is 6.42 Å². The van der Waals surface area contributed by atoms with Crippen LogP contribution < -0.4 is 0 Å². The summed E-state index contributed by atoms with van der Waals surface area (Å²) in [6.07, 6.45) is 9.55. The summed E-state index contributed by atoms with van der Waals surface area (Å²) >= 11 is 0. The molecule has 0 heteroatoms. The fourth-order valence-corrected chi connectivity index (χ4v) is 3.85. The number of rotatable bonds is 0. The molecule has 1 spiro atoms. The van der Waals surface area contributed by atoms with Gasteiger partial charge in [-0.3, -0.25) is 0 Å². The van der Waals surface area contributed by atoms with Gasteiger partial charge in [0.15, 0.2) is 0 Å². The molecule has 0 saturated heterocycles. The van der Waals surface area contributed by atoms with Crippen molar-refractivity contribution in [1.82, 2.24) is 0 Å². The SMILES string of the molecule is C1CC2C3CCC2(C1)C3. The highest BCUT2D eigenvalue weighted by atomic mass is 14.6. The summed E-state index contributed by atoms with van der Waals surface area (Å²) in [6.45, 7) is 0. The Hall–Kier alpha value is 0. The summed E-state index contributed by atoms with van der Waals surface area (Å²) < 4.78 is 0. The zero-order chi connectivity index (χ0) is 5.90. The first kappa shape index (κ1) is 4.76. The van der Waals surface area contributed by atoms with E-state index in [9.17, 15) is 0 Å². The van der Waals surface area contributed by atoms with Gasteiger partial charge >= 0.3 is 0 Å². The van der Waals surface area contributed by atoms with Crippen molar-refractivity contribution in [2.45, 2.75) is 38.5 Å². The van der Waals surface area contributed by atoms with E-state index in [1.165, 1.54) is 11.8 Å². The molecule has 0 amide bonds. The van der Waals surface area contributed by atoms with Crippen LogP contribution in [-0.4, -0.2) is 0 Å². The average molecular weight is 122 g/mol. The van der Waals surface area contributed by atoms with E-state index in [2.05, 4.69) is 0 Å². The molecule has 4 rings (SSSR count). The maximum Gasteiger partial charge on any atom is -0.0264 e. The molecule has 50 valence electrons. The summed E-state index contributed by atoms with van der Waals surface area (Å²) in [7, 11) is 0. The molecule has 0 aromatic carbocycles. The number of hydrogen-bond donors (Lipinski definition) is 0. The quantitative estimate of drug-likeness (QED) is 0.463. The van der Waals surface area contributed by atoms with Crippen LogP contribution >= 0.6 is 0 Å². The van der Waals surface area contributed by atoms with E-state index in [4.69, 9.17) is 0 Å². The molecule has 3 unspecified atom stereocenters. The molecule has 4 aliphatic carbocycles. The molecule has 0 aromatic rings. The smallest absolute Gasteiger partial charge is 0.0264 e. The van der Waals surface area contributed by atoms with Crippen molar-refractivity contribution in [1.29, 1.82) is 0 Å². The molecule has 0 N–H and O–H groups in total. The number of hydrogen-bond acceptors (Lipinski definition) is 0. The summed E-state index contributed by atoms with van der Waals surface area (Å²) in [5, 5.41) is 0. The van der Waals surface area contributed by atoms with Crippen molar-refractivity contribution in [3.63, 3.8) is 0 Å². The molecule has 0 aliphatic heterocycles. The van der Waals surface area contributed by atoms with Gasteiger partial charge in [0.05, 0.1) is 0 Å². The lowest BCUT2D eigenvalue weighted by Gasteiger charge is -2.42. The lowest BCUT2D eigenvalue weighted by Crippen LogP contribution is -2.35. The van der Waals surface area contributed by atoms with Crippen LogP contribution in [0.2, 0.25) is 0 Å². The average Bonchev–Trinajstić information content (AvgIpc) is 2.37. The van der Waals surface area contributed by atoms with Crippen LogP contribution in [0.4, 0.5) is 0 Å². The van der Waals surface area contributed by atoms with Crippen molar-refractivity contribution >= 4 is 0 Å². The maximum absolute atomic E-state index is 1.62. The van der Waals surface area contributed by atoms with Gasteiger partial charge < -0.3 is 0 Å². The fraction of sp³-hybridized carbons (Fsp3) is 1.00. The third-order valence-corrected chi connectivity index (χ3v) is 4.23. The highest BCUT2D eigenvalue weighted by Crippen LogP contribution is 2.70. The molecule has 0 radical (unpaired) electrons. The van der Waals surface area contributed by atoms with Crippen molar-refractivity contribution < 1.29 is 0 Å². The molecule has 4 saturated carbocycles. The lowest BCUT2D eigenvalue weighted by atomic mass is 9.62. The third kappa shape index (κ3) is 0.367. The maximum atomic E-state index is 1.62. The standard InChI is InChI=1S/C9H14/c1-2-8-7-3-5-9(8,4-1)6-7/h7-8H,1-6H2. The largest absolute Gasteiger partial charge is 0.0525 e. The van der Waals surface area contributed by atoms with E-state index in [0.29, 0.717) is 0 Å². The van der Waals surface area contributed by atoms with E-state index in [1.54, 1.807) is 38.5 Å². The Bertz CT molecular complexity index is 141. The van der Waals surface area contributed by atoms with Gasteiger partial charge in [0.25, 0.3) is 0 Å². The first-order valence-electron chi connectivity index (χ1n) is 4.41. The normalized spacial score (nSPS) is 61.3. The van der Waals surface area contributed by atoms with Crippen molar-refractivity contribution in [2.24, 2.45) is 17.3 Å². The van der Waals surface area contributed by atoms with Crippen LogP contribution in [-0.2, 0) is 0 Å². The molecular weight excluding hydrogens is 108 g/mol. The van der Waals surface area contributed by atoms with E-state index in [0.717, 1.165) is 5.41 Å². The van der Waals surface area contributed by atoms with Crippen LogP contribution in [0.5, 0.6) is 0 Å². The Morgan fingerprint density at radius 2 is 2.11 bits per heavy atom. The topological polar surface area (TPSA) is 0 Å². The van der Waals surface area contributed by atoms with Crippen molar-refractivity contribution in [2.75, 3.05) is 0 Å². The second kappa shape index (κ2) is 1.21. The van der Waals surface area contributed by atoms with Gasteiger partial charge in [0.1, 0.15) is 0 Å². The zero-order valence-corrected chi connectivity index (χ0v) is 5.90. The molecule has 4 fully saturated rings. The molecule has 0 heterocycles. The molecule has 2 bridgehead atoms. The van der Waals surface area contributed by atoms with Gasteiger partial charge in [-0.25, -0.2) is 0 Å². The molecule has 3 atom stereocenters. The van der Waals surface area contributed by atoms with Gasteiger partial charge in [-0.15, -0.1) is 0 Å². The van der Waals surface area contributed by atoms with Crippen LogP contribution in [0.3, 0.4) is 0 Å². The minimum Gasteiger partial charge on any atom is -0.0525 e. The predicted molar refractivity (Wildman–Crippen MR) is 37.1 cm³/mol. The van der Waals surface area contributed by atoms with Crippen molar-refractivity contribution in [3.8, 4) is 0 Å². The summed E-state index contributed by atoms with van der Waals surface area (Å²) in [4.78, 5) is 0. The summed E-state index contributed by atoms with van der Waals surface area (Å²) in [5.41, 5.74) is 0.949. The first-order valence-corrected chi connectivity index (χ1v) is 4.41. The minimum atomic E-state index is 0.949. The predicted octanol–water partition coefficient (Wildman–Crippen LogP) is 2.59. The molecule has 4 aliphatic rings. The Morgan fingerprint density at radius 3 is 2.89 bits per heavy atom. The third-order valence-electron chi connectivity index (χ3n) is 4.23. The second-order valence-corrected chi connectivity index (χ2v) is 4.36. The first-order chi connectivity index (χ1) is 4.41. The van der Waals surface area contributed by atoms with Crippen LogP contribution in [0, 0.1) is 17.3 Å². The van der Waals surface area contributed by atoms with Gasteiger partial charge in [-0.2, -0.15) is 0 Å². The molecular formula is C9H14. The van der Waals surface area contributed by atoms with E-state index in [1.807, 2.05) is 0 Å². The highest BCUT2D eigenvalue weighted by molar-refractivity contribution is 5.10. The summed E-state index contributed by atoms with van der Waals surface area (Å²) in [6, 6.07) is 0. The second-order valence-electron chi connectivity index (χ2n) is 4.36. The van der Waals surface area contributed by atoms with Crippen LogP contribution in [0.15, 0.2) is 0 Å². The Balaban J connectivity index is 2.02. The van der Waals surface area contributed by atoms with Crippen LogP contribution in [0.1, 0.15) is 38.5 Å². The Kier molecular flexibility index (Phi) is 0.640. The Morgan fingerprint density at radius 1 is 1.11 bits per heavy atom. The van der Waals surface area contributed by atoms with Gasteiger partial charge in [0.2, 0.25) is 0 Å². The summed E-state index contributed by atoms with van der Waals surface area (Å²) in [5.74, 6) is 2.42. The zero-order valence-electron chi connectivity index (χ0n) is 5.90. The number of fused-ring (bicyclic) bond motifs is 1. The lowest BCUT2D eigenvalue weighted by molar-refractivity contribution is 0.0668. The minimum absolute atomic E-state index is 0.949. The monoisotopic (exact) mass is 122 g/mol. The fourth-order valence-electron chi connectivity index (χ4n) is 3.85. The van der Waals surface area contributed by atoms with E-state index in [-0.39, 0.29) is 0 Å². The van der Waals surface area contributed by atoms with E-state index >= 15 is 0 Å². The Labute approximate surface area is 56.6 Å². The molecule has 9 heavy (non-hydrogen) atoms. The van der Waals surface area contributed by atoms with Crippen LogP contribution in [0.25, 0.3) is 0 Å². The van der Waals surface area contributed by atoms with Gasteiger partial charge in [0, 0.05) is 0 Å². The highest BCUT2D eigenvalue weighted by Gasteiger charge is 2.60. The molecule has 0 aromatic heterocycles.